The summed E-state index contributed by atoms with van der Waals surface area (Å²) in [5.74, 6) is 0.980. The Morgan fingerprint density at radius 2 is 1.75 bits per heavy atom. The standard InChI is InChI=1S/C11H16O.CH2O3/c1-2-3-7-10-12-11-8-5-4-6-9-11;2-1(3)4/h4-6,8-9H,2-3,7,10H2,1H3;(H2,2,3,4). The number of para-hydroxylation sites is 1. The zero-order valence-electron chi connectivity index (χ0n) is 9.43. The summed E-state index contributed by atoms with van der Waals surface area (Å²) in [6, 6.07) is 9.97. The van der Waals surface area contributed by atoms with Crippen molar-refractivity contribution in [3.63, 3.8) is 0 Å². The fourth-order valence-electron chi connectivity index (χ4n) is 1.06. The van der Waals surface area contributed by atoms with Gasteiger partial charge in [-0.15, -0.1) is 0 Å². The summed E-state index contributed by atoms with van der Waals surface area (Å²) < 4.78 is 5.51. The smallest absolute Gasteiger partial charge is 0.494 e. The lowest BCUT2D eigenvalue weighted by atomic mass is 10.3. The molecule has 0 atom stereocenters. The highest BCUT2D eigenvalue weighted by molar-refractivity contribution is 5.53. The SMILES string of the molecule is CCCCCOc1ccccc1.O=C(O)O. The zero-order chi connectivity index (χ0) is 12.2. The average molecular weight is 226 g/mol. The molecule has 0 aliphatic rings. The Bertz CT molecular complexity index is 268. The van der Waals surface area contributed by atoms with Gasteiger partial charge in [-0.1, -0.05) is 38.0 Å². The lowest BCUT2D eigenvalue weighted by Crippen LogP contribution is -1.96. The van der Waals surface area contributed by atoms with Gasteiger partial charge in [0.1, 0.15) is 5.75 Å². The first-order valence-corrected chi connectivity index (χ1v) is 5.26. The number of rotatable bonds is 5. The van der Waals surface area contributed by atoms with Crippen LogP contribution >= 0.6 is 0 Å². The molecule has 0 unspecified atom stereocenters. The van der Waals surface area contributed by atoms with E-state index in [4.69, 9.17) is 19.7 Å². The van der Waals surface area contributed by atoms with Gasteiger partial charge in [0.05, 0.1) is 6.61 Å². The fraction of sp³-hybridized carbons (Fsp3) is 0.417. The normalized spacial score (nSPS) is 8.81. The van der Waals surface area contributed by atoms with Crippen molar-refractivity contribution in [2.75, 3.05) is 6.61 Å². The van der Waals surface area contributed by atoms with Gasteiger partial charge in [0.25, 0.3) is 0 Å². The van der Waals surface area contributed by atoms with Crippen molar-refractivity contribution in [1.29, 1.82) is 0 Å². The van der Waals surface area contributed by atoms with Crippen LogP contribution in [-0.2, 0) is 0 Å². The summed E-state index contributed by atoms with van der Waals surface area (Å²) in [6.45, 7) is 3.04. The van der Waals surface area contributed by atoms with E-state index in [1.165, 1.54) is 12.8 Å². The summed E-state index contributed by atoms with van der Waals surface area (Å²) in [4.78, 5) is 8.56. The molecule has 1 rings (SSSR count). The molecule has 1 aromatic carbocycles. The molecule has 0 spiro atoms. The molecule has 4 heteroatoms. The monoisotopic (exact) mass is 226 g/mol. The first kappa shape index (κ1) is 14.3. The molecule has 2 N–H and O–H groups in total. The van der Waals surface area contributed by atoms with Crippen LogP contribution in [0.2, 0.25) is 0 Å². The number of carbonyl (C=O) groups is 1. The topological polar surface area (TPSA) is 66.8 Å². The number of hydrogen-bond acceptors (Lipinski definition) is 2. The van der Waals surface area contributed by atoms with Crippen molar-refractivity contribution in [3.05, 3.63) is 30.3 Å². The highest BCUT2D eigenvalue weighted by Crippen LogP contribution is 2.08. The van der Waals surface area contributed by atoms with E-state index in [-0.39, 0.29) is 0 Å². The van der Waals surface area contributed by atoms with E-state index in [1.54, 1.807) is 0 Å². The third-order valence-corrected chi connectivity index (χ3v) is 1.76. The maximum Gasteiger partial charge on any atom is 0.503 e. The van der Waals surface area contributed by atoms with E-state index in [9.17, 15) is 0 Å². The van der Waals surface area contributed by atoms with E-state index in [2.05, 4.69) is 6.92 Å². The van der Waals surface area contributed by atoms with E-state index >= 15 is 0 Å². The molecule has 0 saturated heterocycles. The fourth-order valence-corrected chi connectivity index (χ4v) is 1.06. The van der Waals surface area contributed by atoms with E-state index in [0.29, 0.717) is 0 Å². The minimum absolute atomic E-state index is 0.845. The van der Waals surface area contributed by atoms with Crippen LogP contribution < -0.4 is 4.74 Å². The second-order valence-electron chi connectivity index (χ2n) is 3.15. The molecule has 0 aromatic heterocycles. The van der Waals surface area contributed by atoms with Crippen LogP contribution in [-0.4, -0.2) is 23.0 Å². The summed E-state index contributed by atoms with van der Waals surface area (Å²) >= 11 is 0. The van der Waals surface area contributed by atoms with Crippen molar-refractivity contribution in [2.24, 2.45) is 0 Å². The van der Waals surface area contributed by atoms with Gasteiger partial charge in [-0.2, -0.15) is 0 Å². The summed E-state index contributed by atoms with van der Waals surface area (Å²) in [6.07, 6.45) is 1.83. The van der Waals surface area contributed by atoms with Crippen LogP contribution in [0, 0.1) is 0 Å². The van der Waals surface area contributed by atoms with Crippen LogP contribution in [0.3, 0.4) is 0 Å². The number of carboxylic acid groups (broad SMARTS) is 2. The zero-order valence-corrected chi connectivity index (χ0v) is 9.43. The van der Waals surface area contributed by atoms with Crippen molar-refractivity contribution in [2.45, 2.75) is 26.2 Å². The number of unbranched alkanes of at least 4 members (excludes halogenated alkanes) is 2. The molecule has 0 radical (unpaired) electrons. The third-order valence-electron chi connectivity index (χ3n) is 1.76. The van der Waals surface area contributed by atoms with Crippen molar-refractivity contribution in [3.8, 4) is 5.75 Å². The molecule has 0 bridgehead atoms. The van der Waals surface area contributed by atoms with Gasteiger partial charge < -0.3 is 14.9 Å². The minimum Gasteiger partial charge on any atom is -0.494 e. The van der Waals surface area contributed by atoms with E-state index in [0.717, 1.165) is 18.8 Å². The Morgan fingerprint density at radius 1 is 1.19 bits per heavy atom. The highest BCUT2D eigenvalue weighted by atomic mass is 16.6. The average Bonchev–Trinajstić information content (AvgIpc) is 2.25. The molecular formula is C12H18O4. The quantitative estimate of drug-likeness (QED) is 0.754. The maximum atomic E-state index is 8.56. The first-order chi connectivity index (χ1) is 7.66. The molecule has 0 saturated carbocycles. The second-order valence-corrected chi connectivity index (χ2v) is 3.15. The second kappa shape index (κ2) is 9.83. The van der Waals surface area contributed by atoms with Crippen molar-refractivity contribution < 1.29 is 19.7 Å². The molecule has 16 heavy (non-hydrogen) atoms. The summed E-state index contributed by atoms with van der Waals surface area (Å²) in [5.41, 5.74) is 0. The first-order valence-electron chi connectivity index (χ1n) is 5.26. The van der Waals surface area contributed by atoms with Crippen LogP contribution in [0.1, 0.15) is 26.2 Å². The molecule has 4 nitrogen and oxygen atoms in total. The molecule has 1 aromatic rings. The van der Waals surface area contributed by atoms with Gasteiger partial charge in [-0.05, 0) is 18.6 Å². The van der Waals surface area contributed by atoms with Crippen molar-refractivity contribution >= 4 is 6.16 Å². The van der Waals surface area contributed by atoms with Crippen LogP contribution in [0.5, 0.6) is 5.75 Å². The number of hydrogen-bond donors (Lipinski definition) is 2. The van der Waals surface area contributed by atoms with Gasteiger partial charge in [0, 0.05) is 0 Å². The predicted molar refractivity (Wildman–Crippen MR) is 62.1 cm³/mol. The minimum atomic E-state index is -1.83. The van der Waals surface area contributed by atoms with Crippen molar-refractivity contribution in [1.82, 2.24) is 0 Å². The largest absolute Gasteiger partial charge is 0.503 e. The summed E-state index contributed by atoms with van der Waals surface area (Å²) in [7, 11) is 0. The van der Waals surface area contributed by atoms with Gasteiger partial charge in [-0.25, -0.2) is 4.79 Å². The van der Waals surface area contributed by atoms with Gasteiger partial charge in [-0.3, -0.25) is 0 Å². The van der Waals surface area contributed by atoms with Gasteiger partial charge in [0.15, 0.2) is 0 Å². The number of benzene rings is 1. The third kappa shape index (κ3) is 10.4. The van der Waals surface area contributed by atoms with Crippen LogP contribution in [0.25, 0.3) is 0 Å². The van der Waals surface area contributed by atoms with Crippen LogP contribution in [0.4, 0.5) is 4.79 Å². The Hall–Kier alpha value is -1.71. The molecule has 90 valence electrons. The van der Waals surface area contributed by atoms with E-state index in [1.807, 2.05) is 30.3 Å². The maximum absolute atomic E-state index is 8.56. The summed E-state index contributed by atoms with van der Waals surface area (Å²) in [5, 5.41) is 13.9. The molecule has 0 heterocycles. The lowest BCUT2D eigenvalue weighted by molar-refractivity contribution is 0.137. The van der Waals surface area contributed by atoms with Gasteiger partial charge >= 0.3 is 6.16 Å². The predicted octanol–water partition coefficient (Wildman–Crippen LogP) is 3.48. The Kier molecular flexibility index (Phi) is 8.78. The molecule has 0 aliphatic heterocycles. The molecule has 0 amide bonds. The highest BCUT2D eigenvalue weighted by Gasteiger charge is 1.89. The Balaban J connectivity index is 0.000000487. The molecule has 0 aliphatic carbocycles. The van der Waals surface area contributed by atoms with Gasteiger partial charge in [0.2, 0.25) is 0 Å². The molecular weight excluding hydrogens is 208 g/mol. The Labute approximate surface area is 95.5 Å². The molecule has 0 fully saturated rings. The lowest BCUT2D eigenvalue weighted by Gasteiger charge is -2.04. The van der Waals surface area contributed by atoms with Crippen LogP contribution in [0.15, 0.2) is 30.3 Å². The van der Waals surface area contributed by atoms with E-state index < -0.39 is 6.16 Å². The Morgan fingerprint density at radius 3 is 2.25 bits per heavy atom. The number of ether oxygens (including phenoxy) is 1.